The smallest absolute Gasteiger partial charge is 0.257 e. The zero-order valence-corrected chi connectivity index (χ0v) is 13.6. The largest absolute Gasteiger partial charge is 0.310 e. The van der Waals surface area contributed by atoms with Crippen molar-refractivity contribution in [1.82, 2.24) is 24.3 Å². The second-order valence-electron chi connectivity index (χ2n) is 5.51. The molecule has 0 bridgehead atoms. The van der Waals surface area contributed by atoms with E-state index in [2.05, 4.69) is 20.4 Å². The van der Waals surface area contributed by atoms with Crippen LogP contribution in [0.25, 0.3) is 16.7 Å². The standard InChI is InChI=1S/C18H16N6O/c1-2-23-16-6-4-3-5-15(16)21-18(23)22-17(25)13-7-9-14(10-8-13)24-12-19-11-20-24/h3-12H,2H2,1H3,(H,21,22,25). The number of fused-ring (bicyclic) bond motifs is 1. The number of carbonyl (C=O) groups is 1. The normalized spacial score (nSPS) is 10.9. The zero-order chi connectivity index (χ0) is 17.2. The Kier molecular flexibility index (Phi) is 3.74. The second kappa shape index (κ2) is 6.20. The molecule has 0 atom stereocenters. The van der Waals surface area contributed by atoms with E-state index >= 15 is 0 Å². The van der Waals surface area contributed by atoms with E-state index in [1.807, 2.05) is 47.9 Å². The van der Waals surface area contributed by atoms with E-state index < -0.39 is 0 Å². The Morgan fingerprint density at radius 2 is 1.92 bits per heavy atom. The topological polar surface area (TPSA) is 77.6 Å². The first kappa shape index (κ1) is 15.1. The van der Waals surface area contributed by atoms with Crippen LogP contribution in [0.15, 0.2) is 61.2 Å². The minimum Gasteiger partial charge on any atom is -0.310 e. The number of anilines is 1. The monoisotopic (exact) mass is 332 g/mol. The molecule has 2 aromatic heterocycles. The molecular weight excluding hydrogens is 316 g/mol. The maximum atomic E-state index is 12.6. The number of aromatic nitrogens is 5. The molecule has 0 unspecified atom stereocenters. The van der Waals surface area contributed by atoms with Gasteiger partial charge in [-0.3, -0.25) is 10.1 Å². The van der Waals surface area contributed by atoms with Crippen LogP contribution in [-0.2, 0) is 6.54 Å². The van der Waals surface area contributed by atoms with Crippen molar-refractivity contribution in [3.8, 4) is 5.69 Å². The Morgan fingerprint density at radius 1 is 1.12 bits per heavy atom. The van der Waals surface area contributed by atoms with Crippen molar-refractivity contribution in [3.05, 3.63) is 66.7 Å². The van der Waals surface area contributed by atoms with Gasteiger partial charge in [0.2, 0.25) is 5.95 Å². The summed E-state index contributed by atoms with van der Waals surface area (Å²) in [5.41, 5.74) is 3.26. The molecule has 0 aliphatic carbocycles. The van der Waals surface area contributed by atoms with Crippen LogP contribution in [0.4, 0.5) is 5.95 Å². The summed E-state index contributed by atoms with van der Waals surface area (Å²) in [5.74, 6) is 0.351. The molecule has 2 heterocycles. The summed E-state index contributed by atoms with van der Waals surface area (Å²) in [6.45, 7) is 2.75. The summed E-state index contributed by atoms with van der Waals surface area (Å²) >= 11 is 0. The number of hydrogen-bond acceptors (Lipinski definition) is 4. The van der Waals surface area contributed by atoms with Crippen molar-refractivity contribution < 1.29 is 4.79 Å². The second-order valence-corrected chi connectivity index (χ2v) is 5.51. The Bertz CT molecular complexity index is 1020. The van der Waals surface area contributed by atoms with E-state index in [9.17, 15) is 4.79 Å². The van der Waals surface area contributed by atoms with Gasteiger partial charge in [-0.25, -0.2) is 14.6 Å². The Morgan fingerprint density at radius 3 is 2.64 bits per heavy atom. The lowest BCUT2D eigenvalue weighted by atomic mass is 10.2. The molecule has 0 spiro atoms. The lowest BCUT2D eigenvalue weighted by Crippen LogP contribution is -2.15. The van der Waals surface area contributed by atoms with E-state index in [4.69, 9.17) is 0 Å². The molecule has 2 aromatic carbocycles. The predicted molar refractivity (Wildman–Crippen MR) is 94.7 cm³/mol. The van der Waals surface area contributed by atoms with E-state index in [0.29, 0.717) is 11.5 Å². The third-order valence-electron chi connectivity index (χ3n) is 4.01. The number of nitrogens with zero attached hydrogens (tertiary/aromatic N) is 5. The van der Waals surface area contributed by atoms with Crippen molar-refractivity contribution in [2.75, 3.05) is 5.32 Å². The minimum atomic E-state index is -0.199. The van der Waals surface area contributed by atoms with E-state index in [0.717, 1.165) is 23.3 Å². The van der Waals surface area contributed by atoms with Crippen LogP contribution in [0.5, 0.6) is 0 Å². The van der Waals surface area contributed by atoms with Crippen LogP contribution in [0.2, 0.25) is 0 Å². The molecule has 1 N–H and O–H groups in total. The quantitative estimate of drug-likeness (QED) is 0.623. The van der Waals surface area contributed by atoms with Gasteiger partial charge in [0.1, 0.15) is 12.7 Å². The number of hydrogen-bond donors (Lipinski definition) is 1. The molecular formula is C18H16N6O. The minimum absolute atomic E-state index is 0.199. The summed E-state index contributed by atoms with van der Waals surface area (Å²) < 4.78 is 3.62. The van der Waals surface area contributed by atoms with Crippen LogP contribution in [0, 0.1) is 0 Å². The first-order valence-corrected chi connectivity index (χ1v) is 7.98. The number of amides is 1. The number of benzene rings is 2. The lowest BCUT2D eigenvalue weighted by Gasteiger charge is -2.08. The van der Waals surface area contributed by atoms with Crippen molar-refractivity contribution in [3.63, 3.8) is 0 Å². The van der Waals surface area contributed by atoms with Gasteiger partial charge >= 0.3 is 0 Å². The summed E-state index contributed by atoms with van der Waals surface area (Å²) in [7, 11) is 0. The molecule has 1 amide bonds. The number of nitrogens with one attached hydrogen (secondary N) is 1. The van der Waals surface area contributed by atoms with Gasteiger partial charge in [0.25, 0.3) is 5.91 Å². The summed E-state index contributed by atoms with van der Waals surface area (Å²) in [6.07, 6.45) is 3.08. The van der Waals surface area contributed by atoms with Gasteiger partial charge in [-0.15, -0.1) is 0 Å². The van der Waals surface area contributed by atoms with Crippen LogP contribution < -0.4 is 5.32 Å². The number of para-hydroxylation sites is 2. The van der Waals surface area contributed by atoms with E-state index in [1.54, 1.807) is 23.1 Å². The average Bonchev–Trinajstić information content (AvgIpc) is 3.29. The number of carbonyl (C=O) groups excluding carboxylic acids is 1. The SMILES string of the molecule is CCn1c(NC(=O)c2ccc(-n3cncn3)cc2)nc2ccccc21. The van der Waals surface area contributed by atoms with E-state index in [1.165, 1.54) is 6.33 Å². The van der Waals surface area contributed by atoms with Gasteiger partial charge in [0.15, 0.2) is 0 Å². The molecule has 7 heteroatoms. The van der Waals surface area contributed by atoms with Gasteiger partial charge in [-0.1, -0.05) is 12.1 Å². The Hall–Kier alpha value is -3.48. The van der Waals surface area contributed by atoms with Gasteiger partial charge in [0, 0.05) is 12.1 Å². The fourth-order valence-electron chi connectivity index (χ4n) is 2.77. The highest BCUT2D eigenvalue weighted by Gasteiger charge is 2.13. The van der Waals surface area contributed by atoms with Gasteiger partial charge < -0.3 is 4.57 Å². The van der Waals surface area contributed by atoms with Crippen LogP contribution in [-0.4, -0.2) is 30.2 Å². The number of imidazole rings is 1. The predicted octanol–water partition coefficient (Wildman–Crippen LogP) is 2.89. The van der Waals surface area contributed by atoms with Gasteiger partial charge in [0.05, 0.1) is 16.7 Å². The average molecular weight is 332 g/mol. The molecule has 0 radical (unpaired) electrons. The lowest BCUT2D eigenvalue weighted by molar-refractivity contribution is 0.102. The Labute approximate surface area is 143 Å². The summed E-state index contributed by atoms with van der Waals surface area (Å²) in [5, 5.41) is 6.97. The first-order chi connectivity index (χ1) is 12.3. The van der Waals surface area contributed by atoms with Crippen LogP contribution in [0.3, 0.4) is 0 Å². The third-order valence-corrected chi connectivity index (χ3v) is 4.01. The molecule has 0 saturated carbocycles. The maximum Gasteiger partial charge on any atom is 0.257 e. The zero-order valence-electron chi connectivity index (χ0n) is 13.6. The van der Waals surface area contributed by atoms with Crippen molar-refractivity contribution in [1.29, 1.82) is 0 Å². The molecule has 124 valence electrons. The van der Waals surface area contributed by atoms with Gasteiger partial charge in [-0.2, -0.15) is 5.10 Å². The molecule has 25 heavy (non-hydrogen) atoms. The van der Waals surface area contributed by atoms with Crippen molar-refractivity contribution in [2.45, 2.75) is 13.5 Å². The highest BCUT2D eigenvalue weighted by molar-refractivity contribution is 6.04. The number of rotatable bonds is 4. The molecule has 4 rings (SSSR count). The van der Waals surface area contributed by atoms with Crippen LogP contribution >= 0.6 is 0 Å². The van der Waals surface area contributed by atoms with Crippen LogP contribution in [0.1, 0.15) is 17.3 Å². The third kappa shape index (κ3) is 2.76. The summed E-state index contributed by atoms with van der Waals surface area (Å²) in [6, 6.07) is 15.0. The first-order valence-electron chi connectivity index (χ1n) is 7.98. The van der Waals surface area contributed by atoms with Crippen molar-refractivity contribution >= 4 is 22.9 Å². The Balaban J connectivity index is 1.60. The fraction of sp³-hybridized carbons (Fsp3) is 0.111. The molecule has 7 nitrogen and oxygen atoms in total. The molecule has 0 aliphatic rings. The maximum absolute atomic E-state index is 12.6. The molecule has 0 aliphatic heterocycles. The van der Waals surface area contributed by atoms with Gasteiger partial charge in [-0.05, 0) is 43.3 Å². The molecule has 4 aromatic rings. The highest BCUT2D eigenvalue weighted by atomic mass is 16.1. The molecule has 0 fully saturated rings. The fourth-order valence-corrected chi connectivity index (χ4v) is 2.77. The highest BCUT2D eigenvalue weighted by Crippen LogP contribution is 2.20. The summed E-state index contributed by atoms with van der Waals surface area (Å²) in [4.78, 5) is 21.0. The van der Waals surface area contributed by atoms with E-state index in [-0.39, 0.29) is 5.91 Å². The number of aryl methyl sites for hydroxylation is 1. The molecule has 0 saturated heterocycles. The van der Waals surface area contributed by atoms with Crippen molar-refractivity contribution in [2.24, 2.45) is 0 Å².